The van der Waals surface area contributed by atoms with Crippen molar-refractivity contribution in [2.24, 2.45) is 5.73 Å². The number of piperidine rings is 1. The van der Waals surface area contributed by atoms with Gasteiger partial charge in [-0.1, -0.05) is 23.7 Å². The number of primary amides is 1. The normalized spacial score (nSPS) is 21.1. The topological polar surface area (TPSA) is 95.7 Å². The third-order valence-electron chi connectivity index (χ3n) is 6.27. The first-order valence-electron chi connectivity index (χ1n) is 10.4. The van der Waals surface area contributed by atoms with Crippen LogP contribution >= 0.6 is 11.6 Å². The van der Waals surface area contributed by atoms with Gasteiger partial charge in [0.05, 0.1) is 19.0 Å². The molecule has 0 unspecified atom stereocenters. The molecule has 0 aromatic heterocycles. The number of carbonyl (C=O) groups excluding carboxylic acids is 3. The molecule has 2 fully saturated rings. The molecule has 32 heavy (non-hydrogen) atoms. The predicted molar refractivity (Wildman–Crippen MR) is 118 cm³/mol. The highest BCUT2D eigenvalue weighted by atomic mass is 35.5. The molecule has 9 heteroatoms. The Labute approximate surface area is 190 Å². The lowest BCUT2D eigenvalue weighted by molar-refractivity contribution is -0.140. The number of nitrogens with one attached hydrogen (secondary N) is 1. The number of anilines is 1. The van der Waals surface area contributed by atoms with Gasteiger partial charge in [-0.25, -0.2) is 4.39 Å². The van der Waals surface area contributed by atoms with E-state index in [0.717, 1.165) is 5.56 Å². The van der Waals surface area contributed by atoms with Crippen molar-refractivity contribution in [3.63, 3.8) is 0 Å². The summed E-state index contributed by atoms with van der Waals surface area (Å²) >= 11 is 5.90. The minimum absolute atomic E-state index is 0.112. The molecular formula is C23H24ClFN4O3. The number of carbonyl (C=O) groups is 3. The number of halogens is 2. The zero-order valence-electron chi connectivity index (χ0n) is 17.4. The van der Waals surface area contributed by atoms with Gasteiger partial charge in [-0.3, -0.25) is 24.2 Å². The Kier molecular flexibility index (Phi) is 6.17. The van der Waals surface area contributed by atoms with E-state index in [9.17, 15) is 18.8 Å². The van der Waals surface area contributed by atoms with Gasteiger partial charge in [0.2, 0.25) is 17.7 Å². The van der Waals surface area contributed by atoms with Gasteiger partial charge in [-0.05, 0) is 54.8 Å². The first kappa shape index (κ1) is 22.2. The third-order valence-corrected chi connectivity index (χ3v) is 6.52. The largest absolute Gasteiger partial charge is 0.371 e. The maximum absolute atomic E-state index is 13.2. The maximum Gasteiger partial charge on any atom is 0.247 e. The lowest BCUT2D eigenvalue weighted by Gasteiger charge is -2.42. The highest BCUT2D eigenvalue weighted by Crippen LogP contribution is 2.31. The molecule has 2 aromatic carbocycles. The molecule has 0 radical (unpaired) electrons. The minimum Gasteiger partial charge on any atom is -0.371 e. The van der Waals surface area contributed by atoms with Crippen molar-refractivity contribution in [2.75, 3.05) is 18.4 Å². The molecule has 0 saturated carbocycles. The zero-order valence-corrected chi connectivity index (χ0v) is 18.1. The van der Waals surface area contributed by atoms with Crippen LogP contribution in [-0.2, 0) is 20.9 Å². The van der Waals surface area contributed by atoms with Crippen LogP contribution in [0.1, 0.15) is 24.8 Å². The van der Waals surface area contributed by atoms with E-state index in [4.69, 9.17) is 17.3 Å². The van der Waals surface area contributed by atoms with E-state index in [1.807, 2.05) is 4.90 Å². The molecule has 2 aliphatic heterocycles. The first-order chi connectivity index (χ1) is 15.3. The van der Waals surface area contributed by atoms with Crippen LogP contribution in [0.25, 0.3) is 0 Å². The minimum atomic E-state index is -0.997. The van der Waals surface area contributed by atoms with E-state index in [-0.39, 0.29) is 30.6 Å². The van der Waals surface area contributed by atoms with E-state index in [2.05, 4.69) is 5.32 Å². The lowest BCUT2D eigenvalue weighted by Crippen LogP contribution is -2.59. The van der Waals surface area contributed by atoms with Crippen molar-refractivity contribution in [1.29, 1.82) is 0 Å². The maximum atomic E-state index is 13.2. The molecule has 168 valence electrons. The summed E-state index contributed by atoms with van der Waals surface area (Å²) in [6, 6.07) is 12.2. The van der Waals surface area contributed by atoms with Crippen molar-refractivity contribution >= 4 is 35.0 Å². The Bertz CT molecular complexity index is 1020. The Balaban J connectivity index is 1.42. The summed E-state index contributed by atoms with van der Waals surface area (Å²) in [5.41, 5.74) is 6.14. The summed E-state index contributed by atoms with van der Waals surface area (Å²) in [7, 11) is 0. The number of nitrogens with zero attached hydrogens (tertiary/aromatic N) is 2. The van der Waals surface area contributed by atoms with Crippen molar-refractivity contribution in [1.82, 2.24) is 9.80 Å². The van der Waals surface area contributed by atoms with Gasteiger partial charge in [-0.15, -0.1) is 0 Å². The summed E-state index contributed by atoms with van der Waals surface area (Å²) in [5.74, 6) is -1.32. The molecule has 2 aromatic rings. The Hall–Kier alpha value is -2.97. The monoisotopic (exact) mass is 458 g/mol. The summed E-state index contributed by atoms with van der Waals surface area (Å²) in [4.78, 5) is 41.1. The third kappa shape index (κ3) is 4.47. The molecule has 2 heterocycles. The Morgan fingerprint density at radius 2 is 1.72 bits per heavy atom. The molecule has 2 saturated heterocycles. The average molecular weight is 459 g/mol. The van der Waals surface area contributed by atoms with Crippen LogP contribution < -0.4 is 11.1 Å². The van der Waals surface area contributed by atoms with Crippen LogP contribution in [0, 0.1) is 5.82 Å². The van der Waals surface area contributed by atoms with Crippen LogP contribution in [-0.4, -0.2) is 52.2 Å². The van der Waals surface area contributed by atoms with Crippen LogP contribution in [0.3, 0.4) is 0 Å². The van der Waals surface area contributed by atoms with Crippen molar-refractivity contribution in [3.05, 3.63) is 64.9 Å². The SMILES string of the molecule is NC(=O)C1(Nc2ccc(F)cc2)CCN([C@@H]2CC(=O)N(Cc3ccc(Cl)cc3)C2=O)CC1. The molecule has 3 amide bonds. The highest BCUT2D eigenvalue weighted by molar-refractivity contribution is 6.30. The lowest BCUT2D eigenvalue weighted by atomic mass is 9.85. The van der Waals surface area contributed by atoms with Crippen LogP contribution in [0.5, 0.6) is 0 Å². The Morgan fingerprint density at radius 3 is 2.31 bits per heavy atom. The molecule has 0 bridgehead atoms. The fourth-order valence-electron chi connectivity index (χ4n) is 4.35. The molecule has 3 N–H and O–H groups in total. The van der Waals surface area contributed by atoms with Gasteiger partial charge in [0.1, 0.15) is 11.4 Å². The number of hydrogen-bond donors (Lipinski definition) is 2. The molecule has 7 nitrogen and oxygen atoms in total. The number of hydrogen-bond acceptors (Lipinski definition) is 5. The number of amides is 3. The highest BCUT2D eigenvalue weighted by Gasteiger charge is 2.46. The summed E-state index contributed by atoms with van der Waals surface area (Å²) in [6.07, 6.45) is 0.852. The summed E-state index contributed by atoms with van der Waals surface area (Å²) in [5, 5.41) is 3.75. The smallest absolute Gasteiger partial charge is 0.247 e. The number of nitrogens with two attached hydrogens (primary N) is 1. The van der Waals surface area contributed by atoms with Crippen LogP contribution in [0.15, 0.2) is 48.5 Å². The molecule has 4 rings (SSSR count). The summed E-state index contributed by atoms with van der Waals surface area (Å²) < 4.78 is 13.2. The van der Waals surface area contributed by atoms with Crippen molar-refractivity contribution in [2.45, 2.75) is 37.4 Å². The van der Waals surface area contributed by atoms with E-state index in [1.54, 1.807) is 36.4 Å². The van der Waals surface area contributed by atoms with Gasteiger partial charge in [0.25, 0.3) is 0 Å². The van der Waals surface area contributed by atoms with Gasteiger partial charge in [-0.2, -0.15) is 0 Å². The van der Waals surface area contributed by atoms with E-state index < -0.39 is 17.5 Å². The van der Waals surface area contributed by atoms with Gasteiger partial charge < -0.3 is 11.1 Å². The van der Waals surface area contributed by atoms with Crippen molar-refractivity contribution in [3.8, 4) is 0 Å². The molecule has 0 spiro atoms. The van der Waals surface area contributed by atoms with E-state index in [1.165, 1.54) is 17.0 Å². The molecule has 1 atom stereocenters. The van der Waals surface area contributed by atoms with Gasteiger partial charge in [0, 0.05) is 23.8 Å². The standard InChI is InChI=1S/C23H24ClFN4O3/c24-16-3-1-15(2-4-16)14-29-20(30)13-19(21(29)31)28-11-9-23(10-12-28,22(26)32)27-18-7-5-17(25)6-8-18/h1-8,19,27H,9-14H2,(H2,26,32)/t19-/m1/s1. The molecular weight excluding hydrogens is 435 g/mol. The quantitative estimate of drug-likeness (QED) is 0.648. The Morgan fingerprint density at radius 1 is 1.09 bits per heavy atom. The number of imide groups is 1. The fourth-order valence-corrected chi connectivity index (χ4v) is 4.48. The van der Waals surface area contributed by atoms with Crippen molar-refractivity contribution < 1.29 is 18.8 Å². The zero-order chi connectivity index (χ0) is 22.9. The van der Waals surface area contributed by atoms with Gasteiger partial charge >= 0.3 is 0 Å². The number of benzene rings is 2. The second-order valence-electron chi connectivity index (χ2n) is 8.28. The fraction of sp³-hybridized carbons (Fsp3) is 0.348. The second-order valence-corrected chi connectivity index (χ2v) is 8.72. The first-order valence-corrected chi connectivity index (χ1v) is 10.8. The van der Waals surface area contributed by atoms with E-state index in [0.29, 0.717) is 36.6 Å². The van der Waals surface area contributed by atoms with Gasteiger partial charge in [0.15, 0.2) is 0 Å². The van der Waals surface area contributed by atoms with Crippen LogP contribution in [0.4, 0.5) is 10.1 Å². The van der Waals surface area contributed by atoms with Crippen LogP contribution in [0.2, 0.25) is 5.02 Å². The number of likely N-dealkylation sites (tertiary alicyclic amines) is 2. The predicted octanol–water partition coefficient (Wildman–Crippen LogP) is 2.54. The second kappa shape index (κ2) is 8.88. The molecule has 0 aliphatic carbocycles. The molecule has 2 aliphatic rings. The average Bonchev–Trinajstić information content (AvgIpc) is 3.05. The van der Waals surface area contributed by atoms with E-state index >= 15 is 0 Å². The summed E-state index contributed by atoms with van der Waals surface area (Å²) in [6.45, 7) is 1.06. The number of rotatable bonds is 6.